The van der Waals surface area contributed by atoms with Crippen molar-refractivity contribution in [1.29, 1.82) is 0 Å². The molecule has 0 fully saturated rings. The largest absolute Gasteiger partial charge is 0.357 e. The van der Waals surface area contributed by atoms with E-state index in [1.165, 1.54) is 6.07 Å². The van der Waals surface area contributed by atoms with Gasteiger partial charge in [0.2, 0.25) is 0 Å². The summed E-state index contributed by atoms with van der Waals surface area (Å²) in [4.78, 5) is 9.23. The van der Waals surface area contributed by atoms with Crippen LogP contribution in [0.15, 0.2) is 53.8 Å². The Hall–Kier alpha value is -2.89. The number of hydrogen-bond acceptors (Lipinski definition) is 2. The number of hydrogen-bond donors (Lipinski definition) is 2. The third-order valence-electron chi connectivity index (χ3n) is 4.39. The van der Waals surface area contributed by atoms with E-state index in [1.807, 2.05) is 54.9 Å². The first-order chi connectivity index (χ1) is 13.2. The number of aliphatic imine (C=N–C) groups is 1. The maximum Gasteiger partial charge on any atom is 0.191 e. The van der Waals surface area contributed by atoms with E-state index < -0.39 is 0 Å². The number of imidazole rings is 1. The molecule has 5 nitrogen and oxygen atoms in total. The third-order valence-corrected chi connectivity index (χ3v) is 4.39. The van der Waals surface area contributed by atoms with Gasteiger partial charge < -0.3 is 15.0 Å². The van der Waals surface area contributed by atoms with Crippen LogP contribution >= 0.6 is 0 Å². The van der Waals surface area contributed by atoms with Crippen molar-refractivity contribution in [2.24, 2.45) is 4.99 Å². The van der Waals surface area contributed by atoms with E-state index in [-0.39, 0.29) is 5.82 Å². The number of halogens is 1. The van der Waals surface area contributed by atoms with Crippen LogP contribution in [0, 0.1) is 12.7 Å². The third kappa shape index (κ3) is 5.29. The predicted molar refractivity (Wildman–Crippen MR) is 108 cm³/mol. The van der Waals surface area contributed by atoms with E-state index in [9.17, 15) is 4.39 Å². The second kappa shape index (κ2) is 9.16. The highest BCUT2D eigenvalue weighted by atomic mass is 19.1. The molecule has 0 saturated heterocycles. The van der Waals surface area contributed by atoms with E-state index in [0.29, 0.717) is 6.54 Å². The molecule has 27 heavy (non-hydrogen) atoms. The number of nitrogens with zero attached hydrogens (tertiary/aromatic N) is 3. The Bertz CT molecular complexity index is 883. The number of benzene rings is 1. The van der Waals surface area contributed by atoms with Crippen LogP contribution in [0.3, 0.4) is 0 Å². The van der Waals surface area contributed by atoms with Gasteiger partial charge in [0.05, 0.1) is 5.69 Å². The first-order valence-corrected chi connectivity index (χ1v) is 9.35. The Morgan fingerprint density at radius 1 is 1.19 bits per heavy atom. The maximum absolute atomic E-state index is 13.2. The molecule has 0 spiro atoms. The quantitative estimate of drug-likeness (QED) is 0.498. The maximum atomic E-state index is 13.2. The van der Waals surface area contributed by atoms with E-state index in [0.717, 1.165) is 54.4 Å². The number of rotatable bonds is 7. The van der Waals surface area contributed by atoms with Crippen LogP contribution in [0.5, 0.6) is 0 Å². The zero-order valence-corrected chi connectivity index (χ0v) is 15.9. The molecule has 0 aliphatic carbocycles. The smallest absolute Gasteiger partial charge is 0.191 e. The lowest BCUT2D eigenvalue weighted by Gasteiger charge is -2.12. The summed E-state index contributed by atoms with van der Waals surface area (Å²) in [5, 5.41) is 6.60. The van der Waals surface area contributed by atoms with Crippen LogP contribution in [-0.4, -0.2) is 35.0 Å². The summed E-state index contributed by atoms with van der Waals surface area (Å²) in [6.07, 6.45) is 5.65. The number of fused-ring (bicyclic) bond motifs is 1. The standard InChI is InChI=1S/C21H26FN5/c1-3-23-21(24-11-9-17-7-8-18(22)14-16(17)2)25-12-10-19-15-27-13-5-4-6-20(27)26-19/h4-8,13-15H,3,9-12H2,1-2H3,(H2,23,24,25). The lowest BCUT2D eigenvalue weighted by atomic mass is 10.1. The molecule has 0 radical (unpaired) electrons. The fraction of sp³-hybridized carbons (Fsp3) is 0.333. The molecule has 3 aromatic rings. The molecular formula is C21H26FN5. The minimum absolute atomic E-state index is 0.189. The van der Waals surface area contributed by atoms with Gasteiger partial charge in [-0.1, -0.05) is 12.1 Å². The van der Waals surface area contributed by atoms with E-state index in [2.05, 4.69) is 20.6 Å². The summed E-state index contributed by atoms with van der Waals surface area (Å²) in [6, 6.07) is 10.9. The van der Waals surface area contributed by atoms with E-state index in [1.54, 1.807) is 6.07 Å². The summed E-state index contributed by atoms with van der Waals surface area (Å²) < 4.78 is 15.2. The number of nitrogens with one attached hydrogen (secondary N) is 2. The fourth-order valence-electron chi connectivity index (χ4n) is 2.99. The molecule has 2 heterocycles. The molecule has 142 valence electrons. The van der Waals surface area contributed by atoms with Crippen LogP contribution < -0.4 is 10.6 Å². The van der Waals surface area contributed by atoms with Crippen molar-refractivity contribution < 1.29 is 4.39 Å². The SMILES string of the molecule is CCNC(=NCCc1cn2ccccc2n1)NCCc1ccc(F)cc1C. The van der Waals surface area contributed by atoms with Gasteiger partial charge >= 0.3 is 0 Å². The number of pyridine rings is 1. The highest BCUT2D eigenvalue weighted by Crippen LogP contribution is 2.10. The first-order valence-electron chi connectivity index (χ1n) is 9.35. The normalized spacial score (nSPS) is 11.7. The van der Waals surface area contributed by atoms with Crippen LogP contribution in [0.25, 0.3) is 5.65 Å². The van der Waals surface area contributed by atoms with Gasteiger partial charge in [0.15, 0.2) is 5.96 Å². The summed E-state index contributed by atoms with van der Waals surface area (Å²) in [7, 11) is 0. The fourth-order valence-corrected chi connectivity index (χ4v) is 2.99. The van der Waals surface area contributed by atoms with Crippen LogP contribution in [0.2, 0.25) is 0 Å². The Morgan fingerprint density at radius 2 is 2.07 bits per heavy atom. The molecule has 0 unspecified atom stereocenters. The molecule has 0 bridgehead atoms. The van der Waals surface area contributed by atoms with Gasteiger partial charge in [-0.25, -0.2) is 9.37 Å². The lowest BCUT2D eigenvalue weighted by molar-refractivity contribution is 0.625. The topological polar surface area (TPSA) is 53.7 Å². The second-order valence-corrected chi connectivity index (χ2v) is 6.46. The van der Waals surface area contributed by atoms with Gasteiger partial charge in [0, 0.05) is 38.4 Å². The minimum Gasteiger partial charge on any atom is -0.357 e. The van der Waals surface area contributed by atoms with Crippen molar-refractivity contribution in [2.45, 2.75) is 26.7 Å². The molecule has 3 rings (SSSR count). The molecule has 0 saturated carbocycles. The van der Waals surface area contributed by atoms with Gasteiger partial charge in [-0.05, 0) is 55.7 Å². The van der Waals surface area contributed by atoms with Crippen LogP contribution in [0.1, 0.15) is 23.7 Å². The summed E-state index contributed by atoms with van der Waals surface area (Å²) in [5.41, 5.74) is 4.11. The molecule has 6 heteroatoms. The van der Waals surface area contributed by atoms with Gasteiger partial charge in [0.25, 0.3) is 0 Å². The average Bonchev–Trinajstić information content (AvgIpc) is 3.06. The number of aryl methyl sites for hydroxylation is 1. The average molecular weight is 367 g/mol. The molecule has 2 N–H and O–H groups in total. The summed E-state index contributed by atoms with van der Waals surface area (Å²) in [5.74, 6) is 0.604. The zero-order valence-electron chi connectivity index (χ0n) is 15.9. The second-order valence-electron chi connectivity index (χ2n) is 6.46. The Morgan fingerprint density at radius 3 is 2.85 bits per heavy atom. The van der Waals surface area contributed by atoms with Crippen molar-refractivity contribution in [1.82, 2.24) is 20.0 Å². The number of aromatic nitrogens is 2. The monoisotopic (exact) mass is 367 g/mol. The number of guanidine groups is 1. The van der Waals surface area contributed by atoms with Crippen molar-refractivity contribution in [3.8, 4) is 0 Å². The van der Waals surface area contributed by atoms with Gasteiger partial charge in [-0.15, -0.1) is 0 Å². The minimum atomic E-state index is -0.189. The molecule has 1 aromatic carbocycles. The lowest BCUT2D eigenvalue weighted by Crippen LogP contribution is -2.38. The molecule has 0 aliphatic rings. The van der Waals surface area contributed by atoms with Gasteiger partial charge in [0.1, 0.15) is 11.5 Å². The van der Waals surface area contributed by atoms with E-state index >= 15 is 0 Å². The Labute approximate surface area is 159 Å². The van der Waals surface area contributed by atoms with E-state index in [4.69, 9.17) is 0 Å². The van der Waals surface area contributed by atoms with Crippen molar-refractivity contribution in [2.75, 3.05) is 19.6 Å². The highest BCUT2D eigenvalue weighted by molar-refractivity contribution is 5.79. The molecule has 2 aromatic heterocycles. The van der Waals surface area contributed by atoms with Crippen molar-refractivity contribution in [3.05, 3.63) is 71.4 Å². The summed E-state index contributed by atoms with van der Waals surface area (Å²) in [6.45, 7) is 6.19. The van der Waals surface area contributed by atoms with Crippen molar-refractivity contribution in [3.63, 3.8) is 0 Å². The predicted octanol–water partition coefficient (Wildman–Crippen LogP) is 3.12. The van der Waals surface area contributed by atoms with Gasteiger partial charge in [-0.3, -0.25) is 4.99 Å². The zero-order chi connectivity index (χ0) is 19.1. The highest BCUT2D eigenvalue weighted by Gasteiger charge is 2.03. The van der Waals surface area contributed by atoms with Gasteiger partial charge in [-0.2, -0.15) is 0 Å². The molecule has 0 aliphatic heterocycles. The van der Waals surface area contributed by atoms with Crippen molar-refractivity contribution >= 4 is 11.6 Å². The Kier molecular flexibility index (Phi) is 6.41. The first kappa shape index (κ1) is 18.9. The summed E-state index contributed by atoms with van der Waals surface area (Å²) >= 11 is 0. The van der Waals surface area contributed by atoms with Crippen LogP contribution in [-0.2, 0) is 12.8 Å². The Balaban J connectivity index is 1.52. The molecule has 0 atom stereocenters. The molecule has 0 amide bonds. The van der Waals surface area contributed by atoms with Crippen LogP contribution in [0.4, 0.5) is 4.39 Å². The molecular weight excluding hydrogens is 341 g/mol.